The summed E-state index contributed by atoms with van der Waals surface area (Å²) in [5, 5.41) is 29.4. The topological polar surface area (TPSA) is 126 Å². The fourth-order valence-corrected chi connectivity index (χ4v) is 5.10. The fraction of sp³-hybridized carbons (Fsp3) is 0.333. The van der Waals surface area contributed by atoms with E-state index >= 15 is 0 Å². The summed E-state index contributed by atoms with van der Waals surface area (Å²) in [6.45, 7) is 4.12. The second kappa shape index (κ2) is 11.8. The highest BCUT2D eigenvalue weighted by atomic mass is 79.9. The second-order valence-corrected chi connectivity index (χ2v) is 9.93. The van der Waals surface area contributed by atoms with Gasteiger partial charge in [0.25, 0.3) is 5.91 Å². The minimum absolute atomic E-state index is 0.103. The van der Waals surface area contributed by atoms with E-state index in [4.69, 9.17) is 10.8 Å². The van der Waals surface area contributed by atoms with Crippen LogP contribution >= 0.6 is 15.9 Å². The first-order chi connectivity index (χ1) is 17.0. The van der Waals surface area contributed by atoms with Gasteiger partial charge in [0.1, 0.15) is 5.82 Å². The van der Waals surface area contributed by atoms with Gasteiger partial charge in [-0.2, -0.15) is 0 Å². The summed E-state index contributed by atoms with van der Waals surface area (Å²) < 4.78 is 16.4. The van der Waals surface area contributed by atoms with Gasteiger partial charge in [0.05, 0.1) is 29.9 Å². The van der Waals surface area contributed by atoms with Crippen molar-refractivity contribution in [2.24, 2.45) is 5.73 Å². The van der Waals surface area contributed by atoms with Crippen molar-refractivity contribution < 1.29 is 29.3 Å². The molecule has 0 aliphatic rings. The second-order valence-electron chi connectivity index (χ2n) is 9.07. The van der Waals surface area contributed by atoms with Crippen LogP contribution in [0.15, 0.2) is 53.0 Å². The van der Waals surface area contributed by atoms with Crippen LogP contribution in [0.2, 0.25) is 0 Å². The van der Waals surface area contributed by atoms with Crippen LogP contribution in [-0.2, 0) is 11.3 Å². The van der Waals surface area contributed by atoms with Crippen molar-refractivity contribution in [1.29, 1.82) is 0 Å². The number of carboxylic acids is 1. The number of primary amides is 1. The van der Waals surface area contributed by atoms with Crippen LogP contribution in [0.25, 0.3) is 22.4 Å². The number of aliphatic carboxylic acids is 1. The van der Waals surface area contributed by atoms with Crippen molar-refractivity contribution in [2.75, 3.05) is 0 Å². The summed E-state index contributed by atoms with van der Waals surface area (Å²) in [5.41, 5.74) is 9.60. The molecule has 9 heteroatoms. The Morgan fingerprint density at radius 1 is 1.08 bits per heavy atom. The number of hydrogen-bond acceptors (Lipinski definition) is 4. The zero-order valence-electron chi connectivity index (χ0n) is 20.1. The highest BCUT2D eigenvalue weighted by Gasteiger charge is 2.30. The number of nitrogens with two attached hydrogens (primary N) is 1. The maximum atomic E-state index is 14.0. The highest BCUT2D eigenvalue weighted by molar-refractivity contribution is 9.10. The van der Waals surface area contributed by atoms with E-state index in [1.165, 1.54) is 12.1 Å². The zero-order chi connectivity index (χ0) is 26.6. The van der Waals surface area contributed by atoms with Crippen molar-refractivity contribution in [3.63, 3.8) is 0 Å². The normalized spacial score (nSPS) is 13.1. The van der Waals surface area contributed by atoms with Gasteiger partial charge in [0.15, 0.2) is 0 Å². The van der Waals surface area contributed by atoms with Crippen molar-refractivity contribution in [2.45, 2.75) is 57.8 Å². The van der Waals surface area contributed by atoms with Gasteiger partial charge in [-0.15, -0.1) is 0 Å². The summed E-state index contributed by atoms with van der Waals surface area (Å²) in [6.07, 6.45) is -2.55. The van der Waals surface area contributed by atoms with Crippen molar-refractivity contribution in [3.05, 3.63) is 70.1 Å². The molecule has 2 aromatic carbocycles. The van der Waals surface area contributed by atoms with Crippen LogP contribution in [0.1, 0.15) is 55.1 Å². The number of rotatable bonds is 11. The zero-order valence-corrected chi connectivity index (χ0v) is 21.7. The molecule has 1 amide bonds. The third-order valence-corrected chi connectivity index (χ3v) is 6.64. The maximum Gasteiger partial charge on any atom is 0.305 e. The summed E-state index contributed by atoms with van der Waals surface area (Å²) in [4.78, 5) is 23.7. The Hall–Kier alpha value is -3.01. The average molecular weight is 561 g/mol. The lowest BCUT2D eigenvalue weighted by Gasteiger charge is -2.20. The molecule has 0 radical (unpaired) electrons. The number of hydrogen-bond donors (Lipinski definition) is 4. The third-order valence-electron chi connectivity index (χ3n) is 5.99. The molecule has 0 spiro atoms. The van der Waals surface area contributed by atoms with Crippen LogP contribution in [0.4, 0.5) is 4.39 Å². The minimum Gasteiger partial charge on any atom is -0.481 e. The van der Waals surface area contributed by atoms with Gasteiger partial charge in [-0.25, -0.2) is 4.39 Å². The molecule has 7 nitrogen and oxygen atoms in total. The number of benzene rings is 2. The molecule has 0 unspecified atom stereocenters. The lowest BCUT2D eigenvalue weighted by molar-refractivity contribution is -0.139. The molecule has 2 atom stereocenters. The quantitative estimate of drug-likeness (QED) is 0.264. The van der Waals surface area contributed by atoms with Crippen LogP contribution < -0.4 is 5.73 Å². The first kappa shape index (κ1) is 27.6. The Morgan fingerprint density at radius 3 is 2.31 bits per heavy atom. The molecule has 3 aromatic rings. The SMILES string of the molecule is CC(C)c1c(C(N)=O)c(-c2ccccc2)c(-c2ccc(F)cc2Br)n1CC[C@@H](O)C[C@@H](O)CC(=O)O. The summed E-state index contributed by atoms with van der Waals surface area (Å²) in [5.74, 6) is -2.30. The van der Waals surface area contributed by atoms with E-state index < -0.39 is 36.3 Å². The standard InChI is InChI=1S/C27H30BrFN2O5/c1-15(2)25-24(27(30)36)23(16-6-4-3-5-7-16)26(20-9-8-17(29)12-21(20)28)31(25)11-10-18(32)13-19(33)14-22(34)35/h3-9,12,15,18-19,32-33H,10-11,13-14H2,1-2H3,(H2,30,36)(H,34,35)/t18-,19-/m1/s1. The predicted molar refractivity (Wildman–Crippen MR) is 139 cm³/mol. The van der Waals surface area contributed by atoms with Crippen LogP contribution in [0.5, 0.6) is 0 Å². The summed E-state index contributed by atoms with van der Waals surface area (Å²) in [7, 11) is 0. The number of carbonyl (C=O) groups excluding carboxylic acids is 1. The first-order valence-electron chi connectivity index (χ1n) is 11.7. The van der Waals surface area contributed by atoms with Gasteiger partial charge in [-0.05, 0) is 58.5 Å². The molecule has 0 fully saturated rings. The Bertz CT molecular complexity index is 1240. The largest absolute Gasteiger partial charge is 0.481 e. The molecule has 0 aliphatic heterocycles. The van der Waals surface area contributed by atoms with Crippen molar-refractivity contribution >= 4 is 27.8 Å². The van der Waals surface area contributed by atoms with Gasteiger partial charge in [0.2, 0.25) is 0 Å². The number of carboxylic acid groups (broad SMARTS) is 1. The number of aromatic nitrogens is 1. The van der Waals surface area contributed by atoms with Crippen molar-refractivity contribution in [1.82, 2.24) is 4.57 Å². The average Bonchev–Trinajstić information content (AvgIpc) is 3.13. The molecular weight excluding hydrogens is 531 g/mol. The van der Waals surface area contributed by atoms with E-state index in [1.807, 2.05) is 48.7 Å². The molecule has 0 saturated heterocycles. The van der Waals surface area contributed by atoms with Crippen molar-refractivity contribution in [3.8, 4) is 22.4 Å². The Balaban J connectivity index is 2.21. The van der Waals surface area contributed by atoms with Gasteiger partial charge in [-0.3, -0.25) is 9.59 Å². The summed E-state index contributed by atoms with van der Waals surface area (Å²) >= 11 is 3.46. The fourth-order valence-electron chi connectivity index (χ4n) is 4.56. The van der Waals surface area contributed by atoms with E-state index in [1.54, 1.807) is 6.07 Å². The van der Waals surface area contributed by atoms with E-state index in [2.05, 4.69) is 15.9 Å². The van der Waals surface area contributed by atoms with Crippen LogP contribution in [0.3, 0.4) is 0 Å². The number of aliphatic hydroxyl groups excluding tert-OH is 2. The first-order valence-corrected chi connectivity index (χ1v) is 12.4. The Labute approximate surface area is 217 Å². The number of halogens is 2. The highest BCUT2D eigenvalue weighted by Crippen LogP contribution is 2.44. The lowest BCUT2D eigenvalue weighted by Crippen LogP contribution is -2.22. The lowest BCUT2D eigenvalue weighted by atomic mass is 9.94. The van der Waals surface area contributed by atoms with E-state index in [-0.39, 0.29) is 25.3 Å². The molecule has 1 aromatic heterocycles. The number of amides is 1. The Kier molecular flexibility index (Phi) is 9.05. The van der Waals surface area contributed by atoms with E-state index in [9.17, 15) is 24.2 Å². The number of aliphatic hydroxyl groups is 2. The Morgan fingerprint density at radius 2 is 1.75 bits per heavy atom. The molecule has 5 N–H and O–H groups in total. The molecule has 1 heterocycles. The predicted octanol–water partition coefficient (Wildman–Crippen LogP) is 4.92. The molecule has 192 valence electrons. The minimum atomic E-state index is -1.18. The number of carbonyl (C=O) groups is 2. The smallest absolute Gasteiger partial charge is 0.305 e. The molecule has 36 heavy (non-hydrogen) atoms. The van der Waals surface area contributed by atoms with Crippen LogP contribution in [-0.4, -0.2) is 44.0 Å². The maximum absolute atomic E-state index is 14.0. The van der Waals surface area contributed by atoms with E-state index in [0.717, 1.165) is 5.56 Å². The monoisotopic (exact) mass is 560 g/mol. The number of nitrogens with zero attached hydrogens (tertiary/aromatic N) is 1. The summed E-state index contributed by atoms with van der Waals surface area (Å²) in [6, 6.07) is 13.6. The van der Waals surface area contributed by atoms with Crippen LogP contribution in [0, 0.1) is 5.82 Å². The molecule has 0 saturated carbocycles. The molecular formula is C27H30BrFN2O5. The van der Waals surface area contributed by atoms with Gasteiger partial charge in [0, 0.05) is 27.8 Å². The molecule has 0 bridgehead atoms. The van der Waals surface area contributed by atoms with E-state index in [0.29, 0.717) is 32.6 Å². The van der Waals surface area contributed by atoms with Gasteiger partial charge < -0.3 is 25.6 Å². The molecule has 3 rings (SSSR count). The molecule has 0 aliphatic carbocycles. The van der Waals surface area contributed by atoms with Gasteiger partial charge >= 0.3 is 5.97 Å². The van der Waals surface area contributed by atoms with Gasteiger partial charge in [-0.1, -0.05) is 44.2 Å². The third kappa shape index (κ3) is 6.21.